The molecule has 0 aliphatic carbocycles. The van der Waals surface area contributed by atoms with Gasteiger partial charge in [0.15, 0.2) is 5.96 Å². The maximum atomic E-state index is 4.34. The van der Waals surface area contributed by atoms with Crippen molar-refractivity contribution in [2.24, 2.45) is 4.99 Å². The van der Waals surface area contributed by atoms with Crippen LogP contribution in [0.4, 0.5) is 0 Å². The number of hydrogen-bond acceptors (Lipinski definition) is 3. The van der Waals surface area contributed by atoms with E-state index in [2.05, 4.69) is 46.4 Å². The zero-order chi connectivity index (χ0) is 16.9. The molecular weight excluding hydrogens is 413 g/mol. The Labute approximate surface area is 167 Å². The minimum absolute atomic E-state index is 0. The summed E-state index contributed by atoms with van der Waals surface area (Å²) in [5.41, 5.74) is 0. The number of piperazine rings is 1. The summed E-state index contributed by atoms with van der Waals surface area (Å²) in [4.78, 5) is 9.18. The third-order valence-corrected chi connectivity index (χ3v) is 4.78. The Morgan fingerprint density at radius 3 is 2.33 bits per heavy atom. The van der Waals surface area contributed by atoms with Gasteiger partial charge in [-0.15, -0.1) is 24.0 Å². The Hall–Kier alpha value is -0.0800. The van der Waals surface area contributed by atoms with Crippen molar-refractivity contribution in [1.29, 1.82) is 0 Å². The molecule has 5 nitrogen and oxygen atoms in total. The van der Waals surface area contributed by atoms with Crippen molar-refractivity contribution in [3.05, 3.63) is 0 Å². The Balaban J connectivity index is 0.00000529. The minimum atomic E-state index is 0. The summed E-state index contributed by atoms with van der Waals surface area (Å²) in [6, 6.07) is 0.561. The Kier molecular flexibility index (Phi) is 15.1. The van der Waals surface area contributed by atoms with Crippen LogP contribution in [0, 0.1) is 0 Å². The highest BCUT2D eigenvalue weighted by Crippen LogP contribution is 2.06. The molecule has 0 aromatic carbocycles. The van der Waals surface area contributed by atoms with Gasteiger partial charge in [-0.3, -0.25) is 9.89 Å². The second-order valence-electron chi connectivity index (χ2n) is 6.90. The van der Waals surface area contributed by atoms with Gasteiger partial charge in [-0.25, -0.2) is 0 Å². The lowest BCUT2D eigenvalue weighted by Crippen LogP contribution is -2.55. The quantitative estimate of drug-likeness (QED) is 0.231. The first-order valence-electron chi connectivity index (χ1n) is 9.50. The van der Waals surface area contributed by atoms with E-state index in [0.29, 0.717) is 6.04 Å². The summed E-state index contributed by atoms with van der Waals surface area (Å²) in [5.74, 6) is 0.942. The highest BCUT2D eigenvalue weighted by atomic mass is 127. The molecule has 1 rings (SSSR count). The van der Waals surface area contributed by atoms with Gasteiger partial charge in [0.05, 0.1) is 0 Å². The zero-order valence-corrected chi connectivity index (χ0v) is 18.6. The van der Waals surface area contributed by atoms with Crippen LogP contribution in [-0.2, 0) is 0 Å². The summed E-state index contributed by atoms with van der Waals surface area (Å²) in [6.07, 6.45) is 9.43. The van der Waals surface area contributed by atoms with Crippen molar-refractivity contribution in [2.45, 2.75) is 57.9 Å². The Morgan fingerprint density at radius 1 is 1.00 bits per heavy atom. The van der Waals surface area contributed by atoms with E-state index < -0.39 is 0 Å². The lowest BCUT2D eigenvalue weighted by Gasteiger charge is -2.37. The van der Waals surface area contributed by atoms with Crippen molar-refractivity contribution in [2.75, 3.05) is 53.9 Å². The second kappa shape index (κ2) is 15.2. The van der Waals surface area contributed by atoms with Crippen LogP contribution in [0.3, 0.4) is 0 Å². The van der Waals surface area contributed by atoms with Crippen molar-refractivity contribution in [3.63, 3.8) is 0 Å². The molecule has 6 heteroatoms. The normalized spacial score (nSPS) is 19.8. The first kappa shape index (κ1) is 23.9. The molecule has 1 fully saturated rings. The maximum absolute atomic E-state index is 4.34. The van der Waals surface area contributed by atoms with E-state index in [1.165, 1.54) is 44.9 Å². The van der Waals surface area contributed by atoms with Crippen molar-refractivity contribution in [1.82, 2.24) is 20.4 Å². The molecule has 144 valence electrons. The van der Waals surface area contributed by atoms with Crippen LogP contribution in [-0.4, -0.2) is 75.7 Å². The monoisotopic (exact) mass is 453 g/mol. The summed E-state index contributed by atoms with van der Waals surface area (Å²) in [5, 5.41) is 6.92. The fourth-order valence-electron chi connectivity index (χ4n) is 3.05. The van der Waals surface area contributed by atoms with Gasteiger partial charge in [0.2, 0.25) is 0 Å². The molecule has 2 N–H and O–H groups in total. The molecule has 0 amide bonds. The van der Waals surface area contributed by atoms with Crippen LogP contribution in [0.2, 0.25) is 0 Å². The molecule has 1 saturated heterocycles. The number of nitrogens with one attached hydrogen (secondary N) is 2. The van der Waals surface area contributed by atoms with Gasteiger partial charge < -0.3 is 15.5 Å². The predicted molar refractivity (Wildman–Crippen MR) is 117 cm³/mol. The van der Waals surface area contributed by atoms with E-state index in [1.807, 2.05) is 7.05 Å². The first-order valence-corrected chi connectivity index (χ1v) is 9.50. The molecular formula is C18H40IN5. The average molecular weight is 453 g/mol. The largest absolute Gasteiger partial charge is 0.356 e. The van der Waals surface area contributed by atoms with Crippen molar-refractivity contribution in [3.8, 4) is 0 Å². The van der Waals surface area contributed by atoms with Crippen LogP contribution >= 0.6 is 24.0 Å². The second-order valence-corrected chi connectivity index (χ2v) is 6.90. The van der Waals surface area contributed by atoms with E-state index in [0.717, 1.165) is 38.7 Å². The minimum Gasteiger partial charge on any atom is -0.356 e. The summed E-state index contributed by atoms with van der Waals surface area (Å²) >= 11 is 0. The lowest BCUT2D eigenvalue weighted by atomic mass is 10.1. The molecule has 0 spiro atoms. The Bertz CT molecular complexity index is 325. The predicted octanol–water partition coefficient (Wildman–Crippen LogP) is 2.77. The molecule has 1 atom stereocenters. The van der Waals surface area contributed by atoms with Crippen LogP contribution in [0.25, 0.3) is 0 Å². The highest BCUT2D eigenvalue weighted by molar-refractivity contribution is 14.0. The van der Waals surface area contributed by atoms with Gasteiger partial charge in [-0.1, -0.05) is 45.4 Å². The smallest absolute Gasteiger partial charge is 0.191 e. The molecule has 0 aromatic rings. The molecule has 0 saturated carbocycles. The molecule has 1 heterocycles. The van der Waals surface area contributed by atoms with Gasteiger partial charge in [0, 0.05) is 45.8 Å². The molecule has 1 aliphatic heterocycles. The molecule has 0 bridgehead atoms. The molecule has 0 radical (unpaired) electrons. The number of rotatable bonds is 10. The third kappa shape index (κ3) is 10.7. The Morgan fingerprint density at radius 2 is 1.67 bits per heavy atom. The maximum Gasteiger partial charge on any atom is 0.191 e. The number of likely N-dealkylation sites (N-methyl/N-ethyl adjacent to an activating group) is 2. The van der Waals surface area contributed by atoms with E-state index in [4.69, 9.17) is 0 Å². The molecule has 1 unspecified atom stereocenters. The zero-order valence-electron chi connectivity index (χ0n) is 16.3. The summed E-state index contributed by atoms with van der Waals surface area (Å²) in [6.45, 7) is 7.68. The average Bonchev–Trinajstić information content (AvgIpc) is 2.55. The summed E-state index contributed by atoms with van der Waals surface area (Å²) < 4.78 is 0. The number of halogens is 1. The van der Waals surface area contributed by atoms with Crippen LogP contribution in [0.5, 0.6) is 0 Å². The fraction of sp³-hybridized carbons (Fsp3) is 0.944. The van der Waals surface area contributed by atoms with Gasteiger partial charge in [-0.05, 0) is 20.5 Å². The first-order chi connectivity index (χ1) is 11.2. The lowest BCUT2D eigenvalue weighted by molar-refractivity contribution is 0.116. The van der Waals surface area contributed by atoms with Gasteiger partial charge in [0.1, 0.15) is 0 Å². The van der Waals surface area contributed by atoms with E-state index in [-0.39, 0.29) is 24.0 Å². The number of nitrogens with zero attached hydrogens (tertiary/aromatic N) is 3. The van der Waals surface area contributed by atoms with Gasteiger partial charge in [0.25, 0.3) is 0 Å². The van der Waals surface area contributed by atoms with Crippen LogP contribution in [0.1, 0.15) is 51.9 Å². The number of unbranched alkanes of at least 4 members (excludes halogenated alkanes) is 6. The van der Waals surface area contributed by atoms with Crippen molar-refractivity contribution >= 4 is 29.9 Å². The molecule has 24 heavy (non-hydrogen) atoms. The van der Waals surface area contributed by atoms with Crippen LogP contribution in [0.15, 0.2) is 4.99 Å². The van der Waals surface area contributed by atoms with Gasteiger partial charge >= 0.3 is 0 Å². The molecule has 0 aromatic heterocycles. The van der Waals surface area contributed by atoms with Crippen molar-refractivity contribution < 1.29 is 0 Å². The summed E-state index contributed by atoms with van der Waals surface area (Å²) in [7, 11) is 6.28. The number of hydrogen-bond donors (Lipinski definition) is 2. The van der Waals surface area contributed by atoms with E-state index >= 15 is 0 Å². The standard InChI is InChI=1S/C18H39N5.HI/c1-5-6-7-8-9-10-11-12-20-18(19-2)21-15-17-16-22(3)13-14-23(17)4;/h17H,5-16H2,1-4H3,(H2,19,20,21);1H. The molecule has 1 aliphatic rings. The highest BCUT2D eigenvalue weighted by Gasteiger charge is 2.21. The SMILES string of the molecule is CCCCCCCCCNC(=NC)NCC1CN(C)CCN1C.I. The third-order valence-electron chi connectivity index (χ3n) is 4.78. The topological polar surface area (TPSA) is 42.9 Å². The van der Waals surface area contributed by atoms with E-state index in [9.17, 15) is 0 Å². The number of aliphatic imine (C=N–C) groups is 1. The number of guanidine groups is 1. The van der Waals surface area contributed by atoms with Gasteiger partial charge in [-0.2, -0.15) is 0 Å². The fourth-order valence-corrected chi connectivity index (χ4v) is 3.05. The van der Waals surface area contributed by atoms with E-state index in [1.54, 1.807) is 0 Å². The van der Waals surface area contributed by atoms with Crippen LogP contribution < -0.4 is 10.6 Å².